The fourth-order valence-electron chi connectivity index (χ4n) is 3.35. The lowest BCUT2D eigenvalue weighted by Gasteiger charge is -2.36. The van der Waals surface area contributed by atoms with Crippen molar-refractivity contribution < 1.29 is 4.52 Å². The van der Waals surface area contributed by atoms with E-state index in [2.05, 4.69) is 43.5 Å². The van der Waals surface area contributed by atoms with E-state index in [0.29, 0.717) is 0 Å². The van der Waals surface area contributed by atoms with Gasteiger partial charge in [0.15, 0.2) is 5.96 Å². The molecule has 0 saturated carbocycles. The van der Waals surface area contributed by atoms with Crippen LogP contribution in [0.1, 0.15) is 43.1 Å². The molecule has 10 heteroatoms. The van der Waals surface area contributed by atoms with Crippen LogP contribution in [0.2, 0.25) is 0 Å². The van der Waals surface area contributed by atoms with Crippen molar-refractivity contribution in [1.29, 1.82) is 0 Å². The zero-order valence-corrected chi connectivity index (χ0v) is 20.9. The zero-order valence-electron chi connectivity index (χ0n) is 17.8. The number of rotatable bonds is 7. The van der Waals surface area contributed by atoms with Crippen molar-refractivity contribution in [3.8, 4) is 0 Å². The van der Waals surface area contributed by atoms with E-state index in [4.69, 9.17) is 9.52 Å². The number of guanidine groups is 1. The van der Waals surface area contributed by atoms with Crippen LogP contribution in [-0.2, 0) is 12.8 Å². The van der Waals surface area contributed by atoms with Crippen LogP contribution < -0.4 is 10.2 Å². The normalized spacial score (nSPS) is 14.8. The number of halogens is 1. The third kappa shape index (κ3) is 6.27. The highest BCUT2D eigenvalue weighted by molar-refractivity contribution is 14.0. The molecule has 0 aliphatic carbocycles. The van der Waals surface area contributed by atoms with Crippen LogP contribution in [-0.4, -0.2) is 64.6 Å². The Balaban J connectivity index is 0.00000300. The third-order valence-electron chi connectivity index (χ3n) is 4.99. The maximum atomic E-state index is 5.24. The van der Waals surface area contributed by atoms with Gasteiger partial charge in [-0.2, -0.15) is 4.37 Å². The highest BCUT2D eigenvalue weighted by Crippen LogP contribution is 2.19. The summed E-state index contributed by atoms with van der Waals surface area (Å²) in [6, 6.07) is 0. The van der Waals surface area contributed by atoms with Crippen LogP contribution in [0.3, 0.4) is 0 Å². The van der Waals surface area contributed by atoms with Gasteiger partial charge in [0.05, 0.1) is 5.69 Å². The summed E-state index contributed by atoms with van der Waals surface area (Å²) in [6.07, 6.45) is 2.83. The number of nitrogens with one attached hydrogen (secondary N) is 1. The van der Waals surface area contributed by atoms with Gasteiger partial charge >= 0.3 is 0 Å². The molecule has 0 aromatic carbocycles. The molecule has 1 aliphatic heterocycles. The molecule has 0 spiro atoms. The first-order valence-electron chi connectivity index (χ1n) is 10.1. The second-order valence-corrected chi connectivity index (χ2v) is 7.69. The van der Waals surface area contributed by atoms with Gasteiger partial charge in [-0.05, 0) is 33.6 Å². The molecule has 0 atom stereocenters. The molecule has 1 saturated heterocycles. The Labute approximate surface area is 194 Å². The zero-order chi connectivity index (χ0) is 19.9. The summed E-state index contributed by atoms with van der Waals surface area (Å²) in [7, 11) is 0. The van der Waals surface area contributed by atoms with Gasteiger partial charge in [-0.1, -0.05) is 12.1 Å². The van der Waals surface area contributed by atoms with E-state index in [1.54, 1.807) is 0 Å². The second-order valence-electron chi connectivity index (χ2n) is 6.96. The van der Waals surface area contributed by atoms with Crippen LogP contribution in [0, 0.1) is 13.8 Å². The summed E-state index contributed by atoms with van der Waals surface area (Å²) in [5, 5.41) is 8.50. The standard InChI is InChI=1S/C19H31N7OS.HI/c1-5-17-22-19(28-24-17)26-12-10-25(11-13-26)18(20-6-2)21-9-7-8-16-14(3)23-27-15(16)4;/h5-13H2,1-4H3,(H,20,21);1H. The maximum Gasteiger partial charge on any atom is 0.205 e. The Bertz CT molecular complexity index is 764. The molecule has 8 nitrogen and oxygen atoms in total. The topological polar surface area (TPSA) is 82.7 Å². The monoisotopic (exact) mass is 533 g/mol. The van der Waals surface area contributed by atoms with Crippen molar-refractivity contribution in [3.05, 3.63) is 22.8 Å². The number of nitrogens with zero attached hydrogens (tertiary/aromatic N) is 6. The third-order valence-corrected chi connectivity index (χ3v) is 5.80. The molecule has 2 aromatic heterocycles. The van der Waals surface area contributed by atoms with E-state index >= 15 is 0 Å². The Morgan fingerprint density at radius 2 is 1.97 bits per heavy atom. The minimum Gasteiger partial charge on any atom is -0.361 e. The molecule has 0 bridgehead atoms. The molecular formula is C19H32IN7OS. The summed E-state index contributed by atoms with van der Waals surface area (Å²) in [4.78, 5) is 14.1. The number of aromatic nitrogens is 3. The number of aryl methyl sites for hydroxylation is 3. The molecule has 1 fully saturated rings. The average molecular weight is 533 g/mol. The van der Waals surface area contributed by atoms with E-state index < -0.39 is 0 Å². The van der Waals surface area contributed by atoms with Crippen LogP contribution in [0.5, 0.6) is 0 Å². The molecule has 0 amide bonds. The van der Waals surface area contributed by atoms with E-state index in [9.17, 15) is 0 Å². The van der Waals surface area contributed by atoms with Crippen molar-refractivity contribution >= 4 is 46.6 Å². The van der Waals surface area contributed by atoms with Gasteiger partial charge in [-0.25, -0.2) is 4.98 Å². The van der Waals surface area contributed by atoms with Crippen molar-refractivity contribution in [3.63, 3.8) is 0 Å². The Morgan fingerprint density at radius 3 is 2.55 bits per heavy atom. The smallest absolute Gasteiger partial charge is 0.205 e. The van der Waals surface area contributed by atoms with E-state index in [1.165, 1.54) is 17.1 Å². The molecule has 162 valence electrons. The second kappa shape index (κ2) is 11.7. The van der Waals surface area contributed by atoms with Crippen molar-refractivity contribution in [2.24, 2.45) is 4.99 Å². The van der Waals surface area contributed by atoms with Gasteiger partial charge in [0.25, 0.3) is 0 Å². The molecule has 3 rings (SSSR count). The van der Waals surface area contributed by atoms with Gasteiger partial charge in [-0.15, -0.1) is 24.0 Å². The molecule has 2 aromatic rings. The summed E-state index contributed by atoms with van der Waals surface area (Å²) >= 11 is 1.51. The van der Waals surface area contributed by atoms with Gasteiger partial charge in [-0.3, -0.25) is 4.99 Å². The lowest BCUT2D eigenvalue weighted by atomic mass is 10.1. The number of hydrogen-bond acceptors (Lipinski definition) is 7. The fraction of sp³-hybridized carbons (Fsp3) is 0.684. The highest BCUT2D eigenvalue weighted by Gasteiger charge is 2.22. The summed E-state index contributed by atoms with van der Waals surface area (Å²) in [6.45, 7) is 13.6. The Hall–Kier alpha value is -1.43. The summed E-state index contributed by atoms with van der Waals surface area (Å²) in [5.41, 5.74) is 2.21. The SMILES string of the molecule is CCNC(=NCCCc1c(C)noc1C)N1CCN(c2nc(CC)ns2)CC1.I. The Morgan fingerprint density at radius 1 is 1.21 bits per heavy atom. The predicted molar refractivity (Wildman–Crippen MR) is 129 cm³/mol. The van der Waals surface area contributed by atoms with E-state index in [1.807, 2.05) is 13.8 Å². The van der Waals surface area contributed by atoms with Crippen molar-refractivity contribution in [2.45, 2.75) is 47.0 Å². The maximum absolute atomic E-state index is 5.24. The largest absolute Gasteiger partial charge is 0.361 e. The predicted octanol–water partition coefficient (Wildman–Crippen LogP) is 3.04. The molecular weight excluding hydrogens is 501 g/mol. The van der Waals surface area contributed by atoms with Crippen LogP contribution in [0.25, 0.3) is 0 Å². The molecule has 1 aliphatic rings. The number of aliphatic imine (C=N–C) groups is 1. The van der Waals surface area contributed by atoms with Gasteiger partial charge < -0.3 is 19.6 Å². The van der Waals surface area contributed by atoms with Gasteiger partial charge in [0.1, 0.15) is 11.6 Å². The summed E-state index contributed by atoms with van der Waals surface area (Å²) < 4.78 is 9.65. The lowest BCUT2D eigenvalue weighted by Crippen LogP contribution is -2.52. The van der Waals surface area contributed by atoms with E-state index in [-0.39, 0.29) is 24.0 Å². The Kier molecular flexibility index (Phi) is 9.60. The van der Waals surface area contributed by atoms with Crippen LogP contribution in [0.4, 0.5) is 5.13 Å². The first kappa shape index (κ1) is 23.8. The van der Waals surface area contributed by atoms with Gasteiger partial charge in [0.2, 0.25) is 5.13 Å². The molecule has 0 unspecified atom stereocenters. The first-order chi connectivity index (χ1) is 13.6. The molecule has 1 N–H and O–H groups in total. The number of anilines is 1. The minimum absolute atomic E-state index is 0. The van der Waals surface area contributed by atoms with Gasteiger partial charge in [0, 0.05) is 62.8 Å². The highest BCUT2D eigenvalue weighted by atomic mass is 127. The first-order valence-corrected chi connectivity index (χ1v) is 10.9. The molecule has 0 radical (unpaired) electrons. The molecule has 29 heavy (non-hydrogen) atoms. The molecule has 3 heterocycles. The van der Waals surface area contributed by atoms with Crippen molar-refractivity contribution in [1.82, 2.24) is 24.7 Å². The van der Waals surface area contributed by atoms with Crippen LogP contribution in [0.15, 0.2) is 9.52 Å². The quantitative estimate of drug-likeness (QED) is 0.254. The minimum atomic E-state index is 0. The number of piperazine rings is 1. The average Bonchev–Trinajstić information content (AvgIpc) is 3.32. The fourth-order valence-corrected chi connectivity index (χ4v) is 4.15. The lowest BCUT2D eigenvalue weighted by molar-refractivity contribution is 0.372. The van der Waals surface area contributed by atoms with Crippen LogP contribution >= 0.6 is 35.5 Å². The number of hydrogen-bond donors (Lipinski definition) is 1. The van der Waals surface area contributed by atoms with Crippen molar-refractivity contribution in [2.75, 3.05) is 44.2 Å². The van der Waals surface area contributed by atoms with E-state index in [0.717, 1.165) is 86.9 Å². The summed E-state index contributed by atoms with van der Waals surface area (Å²) in [5.74, 6) is 2.87.